The lowest BCUT2D eigenvalue weighted by atomic mass is 10.1. The highest BCUT2D eigenvalue weighted by atomic mass is 19.1. The van der Waals surface area contributed by atoms with Gasteiger partial charge in [0.1, 0.15) is 5.60 Å². The quantitative estimate of drug-likeness (QED) is 0.653. The van der Waals surface area contributed by atoms with Crippen molar-refractivity contribution in [1.29, 1.82) is 0 Å². The molecular formula is C15H20F2N2O5. The number of carbonyl (C=O) groups is 2. The molecule has 0 aliphatic heterocycles. The van der Waals surface area contributed by atoms with Crippen molar-refractivity contribution >= 4 is 17.7 Å². The number of aliphatic carboxylic acids is 1. The number of amides is 2. The SMILES string of the molecule is CC(C)(C)Oc1c(F)cc(NC(=O)NCC(C)(O)C(=O)O)cc1F. The van der Waals surface area contributed by atoms with Gasteiger partial charge < -0.3 is 25.6 Å². The molecule has 24 heavy (non-hydrogen) atoms. The van der Waals surface area contributed by atoms with Gasteiger partial charge in [-0.25, -0.2) is 18.4 Å². The second-order valence-corrected chi connectivity index (χ2v) is 6.37. The Hall–Kier alpha value is -2.42. The molecule has 1 aromatic carbocycles. The fourth-order valence-corrected chi connectivity index (χ4v) is 1.54. The number of rotatable bonds is 5. The number of ether oxygens (including phenoxy) is 1. The van der Waals surface area contributed by atoms with Gasteiger partial charge in [0, 0.05) is 17.8 Å². The number of carboxylic acids is 1. The average Bonchev–Trinajstić information content (AvgIpc) is 2.39. The Morgan fingerprint density at radius 2 is 1.67 bits per heavy atom. The van der Waals surface area contributed by atoms with Gasteiger partial charge in [0.25, 0.3) is 0 Å². The first-order valence-corrected chi connectivity index (χ1v) is 7.00. The van der Waals surface area contributed by atoms with Crippen molar-refractivity contribution in [2.75, 3.05) is 11.9 Å². The molecule has 0 spiro atoms. The van der Waals surface area contributed by atoms with Crippen LogP contribution in [0.1, 0.15) is 27.7 Å². The summed E-state index contributed by atoms with van der Waals surface area (Å²) in [7, 11) is 0. The van der Waals surface area contributed by atoms with E-state index >= 15 is 0 Å². The van der Waals surface area contributed by atoms with Crippen LogP contribution >= 0.6 is 0 Å². The molecule has 0 heterocycles. The fraction of sp³-hybridized carbons (Fsp3) is 0.467. The van der Waals surface area contributed by atoms with Gasteiger partial charge in [-0.05, 0) is 27.7 Å². The van der Waals surface area contributed by atoms with Crippen LogP contribution in [0.3, 0.4) is 0 Å². The van der Waals surface area contributed by atoms with Crippen LogP contribution in [0.15, 0.2) is 12.1 Å². The van der Waals surface area contributed by atoms with E-state index in [1.807, 2.05) is 0 Å². The molecule has 1 aromatic rings. The van der Waals surface area contributed by atoms with Crippen LogP contribution in [0.2, 0.25) is 0 Å². The number of anilines is 1. The lowest BCUT2D eigenvalue weighted by Crippen LogP contribution is -2.47. The summed E-state index contributed by atoms with van der Waals surface area (Å²) in [6.45, 7) is 5.28. The Bertz CT molecular complexity index is 618. The normalized spacial score (nSPS) is 13.8. The van der Waals surface area contributed by atoms with E-state index in [2.05, 4.69) is 10.6 Å². The Labute approximate surface area is 137 Å². The van der Waals surface area contributed by atoms with Crippen molar-refractivity contribution in [3.63, 3.8) is 0 Å². The summed E-state index contributed by atoms with van der Waals surface area (Å²) in [6, 6.07) is 0.790. The highest BCUT2D eigenvalue weighted by molar-refractivity contribution is 5.90. The largest absolute Gasteiger partial charge is 0.482 e. The van der Waals surface area contributed by atoms with Crippen LogP contribution in [0.25, 0.3) is 0 Å². The lowest BCUT2D eigenvalue weighted by Gasteiger charge is -2.22. The maximum Gasteiger partial charge on any atom is 0.337 e. The zero-order valence-electron chi connectivity index (χ0n) is 13.7. The van der Waals surface area contributed by atoms with Crippen LogP contribution in [0.4, 0.5) is 19.3 Å². The molecule has 0 saturated heterocycles. The highest BCUT2D eigenvalue weighted by Crippen LogP contribution is 2.28. The molecule has 1 unspecified atom stereocenters. The van der Waals surface area contributed by atoms with Crippen LogP contribution in [0.5, 0.6) is 5.75 Å². The Balaban J connectivity index is 2.79. The van der Waals surface area contributed by atoms with E-state index in [4.69, 9.17) is 9.84 Å². The number of hydrogen-bond acceptors (Lipinski definition) is 4. The van der Waals surface area contributed by atoms with Crippen molar-refractivity contribution in [1.82, 2.24) is 5.32 Å². The fourth-order valence-electron chi connectivity index (χ4n) is 1.54. The maximum atomic E-state index is 13.9. The van der Waals surface area contributed by atoms with Gasteiger partial charge in [0.15, 0.2) is 23.0 Å². The molecular weight excluding hydrogens is 326 g/mol. The Kier molecular flexibility index (Phi) is 5.72. The Morgan fingerprint density at radius 3 is 2.08 bits per heavy atom. The van der Waals surface area contributed by atoms with E-state index in [-0.39, 0.29) is 5.69 Å². The number of halogens is 2. The second kappa shape index (κ2) is 7.00. The maximum absolute atomic E-state index is 13.9. The molecule has 1 atom stereocenters. The van der Waals surface area contributed by atoms with Gasteiger partial charge >= 0.3 is 12.0 Å². The molecule has 0 aromatic heterocycles. The molecule has 4 N–H and O–H groups in total. The first-order chi connectivity index (χ1) is 10.8. The van der Waals surface area contributed by atoms with E-state index in [1.165, 1.54) is 0 Å². The minimum Gasteiger partial charge on any atom is -0.482 e. The zero-order chi connectivity index (χ0) is 18.7. The molecule has 0 saturated carbocycles. The van der Waals surface area contributed by atoms with Gasteiger partial charge in [-0.15, -0.1) is 0 Å². The lowest BCUT2D eigenvalue weighted by molar-refractivity contribution is -0.155. The van der Waals surface area contributed by atoms with Gasteiger partial charge in [-0.1, -0.05) is 0 Å². The monoisotopic (exact) mass is 346 g/mol. The molecule has 9 heteroatoms. The minimum atomic E-state index is -2.17. The molecule has 2 amide bonds. The summed E-state index contributed by atoms with van der Waals surface area (Å²) in [5.74, 6) is -4.10. The summed E-state index contributed by atoms with van der Waals surface area (Å²) < 4.78 is 33.0. The summed E-state index contributed by atoms with van der Waals surface area (Å²) >= 11 is 0. The van der Waals surface area contributed by atoms with Crippen molar-refractivity contribution in [2.45, 2.75) is 38.9 Å². The van der Waals surface area contributed by atoms with Crippen LogP contribution in [-0.4, -0.2) is 40.0 Å². The summed E-state index contributed by atoms with van der Waals surface area (Å²) in [5.41, 5.74) is -3.17. The summed E-state index contributed by atoms with van der Waals surface area (Å²) in [4.78, 5) is 22.3. The first kappa shape index (κ1) is 19.6. The molecule has 0 bridgehead atoms. The van der Waals surface area contributed by atoms with E-state index in [0.717, 1.165) is 19.1 Å². The van der Waals surface area contributed by atoms with Gasteiger partial charge in [0.05, 0.1) is 6.54 Å². The molecule has 0 aliphatic rings. The van der Waals surface area contributed by atoms with Crippen molar-refractivity contribution in [2.24, 2.45) is 0 Å². The number of hydrogen-bond donors (Lipinski definition) is 4. The molecule has 134 valence electrons. The molecule has 1 rings (SSSR count). The minimum absolute atomic E-state index is 0.196. The van der Waals surface area contributed by atoms with Crippen LogP contribution in [0, 0.1) is 11.6 Å². The van der Waals surface area contributed by atoms with Gasteiger partial charge in [-0.3, -0.25) is 0 Å². The molecule has 0 radical (unpaired) electrons. The summed E-state index contributed by atoms with van der Waals surface area (Å²) in [5, 5.41) is 22.4. The number of carbonyl (C=O) groups excluding carboxylic acids is 1. The third-order valence-corrected chi connectivity index (χ3v) is 2.72. The predicted octanol–water partition coefficient (Wildman–Crippen LogP) is 2.10. The van der Waals surface area contributed by atoms with Crippen LogP contribution < -0.4 is 15.4 Å². The van der Waals surface area contributed by atoms with E-state index in [0.29, 0.717) is 0 Å². The predicted molar refractivity (Wildman–Crippen MR) is 82.0 cm³/mol. The molecule has 0 fully saturated rings. The third-order valence-electron chi connectivity index (χ3n) is 2.72. The number of urea groups is 1. The van der Waals surface area contributed by atoms with Crippen molar-refractivity contribution < 1.29 is 33.3 Å². The number of benzene rings is 1. The topological polar surface area (TPSA) is 108 Å². The van der Waals surface area contributed by atoms with Gasteiger partial charge in [0.2, 0.25) is 0 Å². The van der Waals surface area contributed by atoms with Crippen molar-refractivity contribution in [3.8, 4) is 5.75 Å². The first-order valence-electron chi connectivity index (χ1n) is 7.00. The smallest absolute Gasteiger partial charge is 0.337 e. The number of carboxylic acid groups (broad SMARTS) is 1. The number of nitrogens with one attached hydrogen (secondary N) is 2. The Morgan fingerprint density at radius 1 is 1.17 bits per heavy atom. The standard InChI is InChI=1S/C15H20F2N2O5/c1-14(2,3)24-11-9(16)5-8(6-10(11)17)19-13(22)18-7-15(4,23)12(20)21/h5-6,23H,7H2,1-4H3,(H,20,21)(H2,18,19,22). The van der Waals surface area contributed by atoms with E-state index in [1.54, 1.807) is 20.8 Å². The molecule has 0 aliphatic carbocycles. The zero-order valence-corrected chi connectivity index (χ0v) is 13.7. The molecule has 7 nitrogen and oxygen atoms in total. The average molecular weight is 346 g/mol. The highest BCUT2D eigenvalue weighted by Gasteiger charge is 2.30. The second-order valence-electron chi connectivity index (χ2n) is 6.37. The number of aliphatic hydroxyl groups is 1. The van der Waals surface area contributed by atoms with E-state index in [9.17, 15) is 23.5 Å². The van der Waals surface area contributed by atoms with Crippen LogP contribution in [-0.2, 0) is 4.79 Å². The van der Waals surface area contributed by atoms with Gasteiger partial charge in [-0.2, -0.15) is 0 Å². The van der Waals surface area contributed by atoms with E-state index < -0.39 is 47.1 Å². The van der Waals surface area contributed by atoms with Crippen molar-refractivity contribution in [3.05, 3.63) is 23.8 Å². The summed E-state index contributed by atoms with van der Waals surface area (Å²) in [6.07, 6.45) is 0. The third kappa shape index (κ3) is 5.65.